The van der Waals surface area contributed by atoms with Gasteiger partial charge in [-0.3, -0.25) is 4.79 Å². The number of carbonyl (C=O) groups is 1. The first kappa shape index (κ1) is 22.1. The first-order valence-corrected chi connectivity index (χ1v) is 9.76. The highest BCUT2D eigenvalue weighted by molar-refractivity contribution is 7.16. The number of amides is 1. The van der Waals surface area contributed by atoms with Crippen LogP contribution in [0.5, 0.6) is 0 Å². The zero-order valence-corrected chi connectivity index (χ0v) is 17.3. The van der Waals surface area contributed by atoms with Crippen molar-refractivity contribution in [3.05, 3.63) is 41.2 Å². The molecule has 0 radical (unpaired) electrons. The fraction of sp³-hybridized carbons (Fsp3) is 0.474. The third kappa shape index (κ3) is 5.41. The second-order valence-electron chi connectivity index (χ2n) is 6.93. The Kier molecular flexibility index (Phi) is 8.04. The molecule has 0 unspecified atom stereocenters. The van der Waals surface area contributed by atoms with Crippen LogP contribution in [0.15, 0.2) is 30.5 Å². The quantitative estimate of drug-likeness (QED) is 0.762. The van der Waals surface area contributed by atoms with E-state index in [0.29, 0.717) is 21.5 Å². The van der Waals surface area contributed by atoms with E-state index >= 15 is 0 Å². The van der Waals surface area contributed by atoms with Crippen LogP contribution in [-0.2, 0) is 0 Å². The molecule has 4 rings (SSSR count). The van der Waals surface area contributed by atoms with Gasteiger partial charge in [-0.25, -0.2) is 9.37 Å². The summed E-state index contributed by atoms with van der Waals surface area (Å²) in [5.74, 6) is 0.591. The molecule has 1 amide bonds. The monoisotopic (exact) mass is 431 g/mol. The number of nitrogens with zero attached hydrogens (tertiary/aromatic N) is 2. The summed E-state index contributed by atoms with van der Waals surface area (Å²) in [5.41, 5.74) is 0.453. The van der Waals surface area contributed by atoms with E-state index in [1.165, 1.54) is 30.2 Å². The van der Waals surface area contributed by atoms with E-state index < -0.39 is 0 Å². The Bertz CT molecular complexity index is 761. The number of aromatic nitrogens is 1. The number of rotatable bonds is 5. The lowest BCUT2D eigenvalue weighted by atomic mass is 10.0. The normalized spacial score (nSPS) is 17.1. The minimum absolute atomic E-state index is 0. The molecule has 1 aliphatic heterocycles. The van der Waals surface area contributed by atoms with E-state index in [1.54, 1.807) is 24.4 Å². The average molecular weight is 432 g/mol. The fourth-order valence-corrected chi connectivity index (χ4v) is 4.14. The van der Waals surface area contributed by atoms with Crippen molar-refractivity contribution in [1.29, 1.82) is 0 Å². The number of thiazole rings is 1. The molecule has 0 spiro atoms. The van der Waals surface area contributed by atoms with Crippen LogP contribution in [0.3, 0.4) is 0 Å². The summed E-state index contributed by atoms with van der Waals surface area (Å²) in [6, 6.07) is 7.07. The van der Waals surface area contributed by atoms with E-state index in [1.807, 2.05) is 4.90 Å². The highest BCUT2D eigenvalue weighted by atomic mass is 35.5. The van der Waals surface area contributed by atoms with Gasteiger partial charge < -0.3 is 10.2 Å². The Labute approximate surface area is 175 Å². The molecule has 0 bridgehead atoms. The highest BCUT2D eigenvalue weighted by Crippen LogP contribution is 2.29. The molecule has 1 aliphatic carbocycles. The van der Waals surface area contributed by atoms with Gasteiger partial charge >= 0.3 is 0 Å². The Hall–Kier alpha value is -1.21. The molecule has 148 valence electrons. The number of benzene rings is 1. The summed E-state index contributed by atoms with van der Waals surface area (Å²) in [5, 5.41) is 4.18. The van der Waals surface area contributed by atoms with Crippen molar-refractivity contribution in [2.75, 3.05) is 19.6 Å². The van der Waals surface area contributed by atoms with Crippen molar-refractivity contribution >= 4 is 42.1 Å². The van der Waals surface area contributed by atoms with Crippen LogP contribution >= 0.6 is 36.2 Å². The maximum Gasteiger partial charge on any atom is 0.265 e. The number of hydrogen-bond acceptors (Lipinski definition) is 4. The topological polar surface area (TPSA) is 45.2 Å². The van der Waals surface area contributed by atoms with Crippen LogP contribution in [0.1, 0.15) is 35.4 Å². The number of carbonyl (C=O) groups excluding carboxylic acids is 1. The van der Waals surface area contributed by atoms with Gasteiger partial charge in [-0.15, -0.1) is 36.2 Å². The van der Waals surface area contributed by atoms with Crippen molar-refractivity contribution in [3.8, 4) is 10.6 Å². The summed E-state index contributed by atoms with van der Waals surface area (Å²) in [7, 11) is 0. The predicted octanol–water partition coefficient (Wildman–Crippen LogP) is 4.40. The number of likely N-dealkylation sites (tertiary alicyclic amines) is 1. The number of nitrogens with one attached hydrogen (secondary N) is 1. The summed E-state index contributed by atoms with van der Waals surface area (Å²) in [4.78, 5) is 19.4. The SMILES string of the molecule is Cl.Cl.O=C(c1cnc(-c2ccccc2F)s1)N1CCC(NCC2CC2)CC1. The molecule has 0 atom stereocenters. The lowest BCUT2D eigenvalue weighted by molar-refractivity contribution is 0.0709. The third-order valence-electron chi connectivity index (χ3n) is 5.00. The maximum atomic E-state index is 13.9. The second-order valence-corrected chi connectivity index (χ2v) is 7.96. The van der Waals surface area contributed by atoms with Crippen molar-refractivity contribution in [1.82, 2.24) is 15.2 Å². The molecular formula is C19H24Cl2FN3OS. The van der Waals surface area contributed by atoms with Crippen LogP contribution in [0, 0.1) is 11.7 Å². The molecule has 2 aromatic rings. The highest BCUT2D eigenvalue weighted by Gasteiger charge is 2.27. The van der Waals surface area contributed by atoms with Crippen molar-refractivity contribution < 1.29 is 9.18 Å². The van der Waals surface area contributed by atoms with E-state index in [4.69, 9.17) is 0 Å². The van der Waals surface area contributed by atoms with Gasteiger partial charge in [0, 0.05) is 24.7 Å². The zero-order valence-electron chi connectivity index (χ0n) is 14.9. The molecular weight excluding hydrogens is 408 g/mol. The molecule has 1 N–H and O–H groups in total. The van der Waals surface area contributed by atoms with E-state index in [-0.39, 0.29) is 36.5 Å². The molecule has 2 heterocycles. The van der Waals surface area contributed by atoms with Gasteiger partial charge in [0.15, 0.2) is 0 Å². The minimum Gasteiger partial charge on any atom is -0.338 e. The standard InChI is InChI=1S/C19H22FN3OS.2ClH/c20-16-4-2-1-3-15(16)18-22-12-17(25-18)19(24)23-9-7-14(8-10-23)21-11-13-5-6-13;;/h1-4,12-14,21H,5-11H2;2*1H. The van der Waals surface area contributed by atoms with Gasteiger partial charge in [0.1, 0.15) is 15.7 Å². The van der Waals surface area contributed by atoms with Gasteiger partial charge in [0.2, 0.25) is 0 Å². The second kappa shape index (κ2) is 9.82. The van der Waals surface area contributed by atoms with Crippen LogP contribution in [0.2, 0.25) is 0 Å². The van der Waals surface area contributed by atoms with E-state index in [0.717, 1.165) is 38.4 Å². The zero-order chi connectivity index (χ0) is 17.2. The van der Waals surface area contributed by atoms with E-state index in [9.17, 15) is 9.18 Å². The smallest absolute Gasteiger partial charge is 0.265 e. The fourth-order valence-electron chi connectivity index (χ4n) is 3.23. The lowest BCUT2D eigenvalue weighted by Gasteiger charge is -2.32. The Balaban J connectivity index is 0.00000131. The maximum absolute atomic E-state index is 13.9. The summed E-state index contributed by atoms with van der Waals surface area (Å²) in [6.07, 6.45) is 6.29. The van der Waals surface area contributed by atoms with Crippen LogP contribution in [-0.4, -0.2) is 41.5 Å². The third-order valence-corrected chi connectivity index (χ3v) is 6.01. The van der Waals surface area contributed by atoms with Gasteiger partial charge in [-0.05, 0) is 50.3 Å². The molecule has 1 saturated heterocycles. The Morgan fingerprint density at radius 2 is 1.89 bits per heavy atom. The molecule has 1 saturated carbocycles. The van der Waals surface area contributed by atoms with Gasteiger partial charge in [-0.1, -0.05) is 12.1 Å². The van der Waals surface area contributed by atoms with Crippen molar-refractivity contribution in [3.63, 3.8) is 0 Å². The van der Waals surface area contributed by atoms with Gasteiger partial charge in [0.05, 0.1) is 6.20 Å². The Morgan fingerprint density at radius 1 is 1.19 bits per heavy atom. The lowest BCUT2D eigenvalue weighted by Crippen LogP contribution is -2.45. The molecule has 8 heteroatoms. The molecule has 27 heavy (non-hydrogen) atoms. The van der Waals surface area contributed by atoms with Gasteiger partial charge in [0.25, 0.3) is 5.91 Å². The summed E-state index contributed by atoms with van der Waals surface area (Å²) < 4.78 is 13.9. The first-order valence-electron chi connectivity index (χ1n) is 8.94. The number of halogens is 3. The molecule has 1 aromatic heterocycles. The predicted molar refractivity (Wildman–Crippen MR) is 112 cm³/mol. The largest absolute Gasteiger partial charge is 0.338 e. The molecule has 1 aromatic carbocycles. The molecule has 2 fully saturated rings. The van der Waals surface area contributed by atoms with Crippen molar-refractivity contribution in [2.45, 2.75) is 31.7 Å². The minimum atomic E-state index is -0.307. The summed E-state index contributed by atoms with van der Waals surface area (Å²) >= 11 is 1.27. The average Bonchev–Trinajstić information content (AvgIpc) is 3.35. The van der Waals surface area contributed by atoms with E-state index in [2.05, 4.69) is 10.3 Å². The van der Waals surface area contributed by atoms with Crippen LogP contribution in [0.25, 0.3) is 10.6 Å². The Morgan fingerprint density at radius 3 is 2.56 bits per heavy atom. The van der Waals surface area contributed by atoms with Crippen LogP contribution < -0.4 is 5.32 Å². The molecule has 2 aliphatic rings. The molecule has 4 nitrogen and oxygen atoms in total. The number of hydrogen-bond donors (Lipinski definition) is 1. The van der Waals surface area contributed by atoms with Gasteiger partial charge in [-0.2, -0.15) is 0 Å². The first-order chi connectivity index (χ1) is 12.2. The summed E-state index contributed by atoms with van der Waals surface area (Å²) in [6.45, 7) is 2.67. The number of piperidine rings is 1. The van der Waals surface area contributed by atoms with Crippen molar-refractivity contribution in [2.24, 2.45) is 5.92 Å². The van der Waals surface area contributed by atoms with Crippen LogP contribution in [0.4, 0.5) is 4.39 Å².